The van der Waals surface area contributed by atoms with Crippen LogP contribution in [0.15, 0.2) is 42.5 Å². The Morgan fingerprint density at radius 1 is 1.00 bits per heavy atom. The Morgan fingerprint density at radius 2 is 1.66 bits per heavy atom. The smallest absolute Gasteiger partial charge is 0.115 e. The van der Waals surface area contributed by atoms with Crippen LogP contribution >= 0.6 is 0 Å². The lowest BCUT2D eigenvalue weighted by atomic mass is 9.73. The van der Waals surface area contributed by atoms with Crippen molar-refractivity contribution in [2.45, 2.75) is 71.4 Å². The minimum atomic E-state index is 0.0182. The Bertz CT molecular complexity index is 788. The lowest BCUT2D eigenvalue weighted by Crippen LogP contribution is -2.50. The van der Waals surface area contributed by atoms with Crippen molar-refractivity contribution < 1.29 is 5.11 Å². The van der Waals surface area contributed by atoms with E-state index in [1.807, 2.05) is 12.1 Å². The van der Waals surface area contributed by atoms with E-state index in [2.05, 4.69) is 68.8 Å². The highest BCUT2D eigenvalue weighted by Crippen LogP contribution is 2.44. The summed E-state index contributed by atoms with van der Waals surface area (Å²) < 4.78 is 0. The summed E-state index contributed by atoms with van der Waals surface area (Å²) in [6.07, 6.45) is 5.75. The van der Waals surface area contributed by atoms with Gasteiger partial charge in [0.2, 0.25) is 0 Å². The molecule has 0 heterocycles. The van der Waals surface area contributed by atoms with Gasteiger partial charge in [0.05, 0.1) is 0 Å². The summed E-state index contributed by atoms with van der Waals surface area (Å²) in [7, 11) is 2.23. The Labute approximate surface area is 177 Å². The molecule has 1 N–H and O–H groups in total. The van der Waals surface area contributed by atoms with Crippen LogP contribution in [0, 0.1) is 13.8 Å². The van der Waals surface area contributed by atoms with Crippen LogP contribution in [0.5, 0.6) is 5.75 Å². The maximum atomic E-state index is 10.1. The largest absolute Gasteiger partial charge is 0.508 e. The van der Waals surface area contributed by atoms with Crippen LogP contribution in [0.25, 0.3) is 0 Å². The van der Waals surface area contributed by atoms with E-state index in [0.717, 1.165) is 32.4 Å². The van der Waals surface area contributed by atoms with Crippen LogP contribution in [-0.4, -0.2) is 36.2 Å². The molecule has 0 atom stereocenters. The minimum Gasteiger partial charge on any atom is -0.508 e. The van der Waals surface area contributed by atoms with Gasteiger partial charge in [-0.2, -0.15) is 0 Å². The maximum absolute atomic E-state index is 10.1. The van der Waals surface area contributed by atoms with Gasteiger partial charge in [-0.1, -0.05) is 32.0 Å². The van der Waals surface area contributed by atoms with Gasteiger partial charge in [-0.25, -0.2) is 0 Å². The zero-order valence-corrected chi connectivity index (χ0v) is 18.9. The molecule has 0 spiro atoms. The van der Waals surface area contributed by atoms with Gasteiger partial charge in [0.1, 0.15) is 5.75 Å². The van der Waals surface area contributed by atoms with Crippen LogP contribution in [0.2, 0.25) is 0 Å². The van der Waals surface area contributed by atoms with Crippen LogP contribution in [0.1, 0.15) is 62.6 Å². The molecule has 0 aromatic heterocycles. The van der Waals surface area contributed by atoms with Crippen LogP contribution in [-0.2, 0) is 5.54 Å². The van der Waals surface area contributed by atoms with Crippen molar-refractivity contribution in [1.82, 2.24) is 4.90 Å². The molecule has 1 fully saturated rings. The number of rotatable bonds is 7. The van der Waals surface area contributed by atoms with Crippen molar-refractivity contribution in [2.75, 3.05) is 25.0 Å². The molecule has 0 radical (unpaired) electrons. The Balaban J connectivity index is 1.86. The number of benzene rings is 2. The topological polar surface area (TPSA) is 26.7 Å². The van der Waals surface area contributed by atoms with E-state index >= 15 is 0 Å². The van der Waals surface area contributed by atoms with Gasteiger partial charge < -0.3 is 10.0 Å². The van der Waals surface area contributed by atoms with E-state index in [1.54, 1.807) is 6.07 Å². The Hall–Kier alpha value is -2.00. The summed E-state index contributed by atoms with van der Waals surface area (Å²) in [6, 6.07) is 15.5. The molecule has 0 bridgehead atoms. The molecular weight excluding hydrogens is 356 g/mol. The molecule has 2 aromatic carbocycles. The highest BCUT2D eigenvalue weighted by Gasteiger charge is 2.41. The van der Waals surface area contributed by atoms with Gasteiger partial charge in [-0.15, -0.1) is 0 Å². The van der Waals surface area contributed by atoms with Crippen LogP contribution < -0.4 is 4.90 Å². The molecule has 0 aliphatic heterocycles. The Kier molecular flexibility index (Phi) is 6.89. The van der Waals surface area contributed by atoms with Crippen molar-refractivity contribution in [1.29, 1.82) is 0 Å². The molecule has 3 heteroatoms. The molecule has 0 saturated heterocycles. The quantitative estimate of drug-likeness (QED) is 0.622. The first-order valence-electron chi connectivity index (χ1n) is 11.2. The molecule has 2 aromatic rings. The zero-order valence-electron chi connectivity index (χ0n) is 18.9. The molecule has 0 amide bonds. The van der Waals surface area contributed by atoms with E-state index in [1.165, 1.54) is 35.2 Å². The number of hydrogen-bond donors (Lipinski definition) is 1. The predicted octanol–water partition coefficient (Wildman–Crippen LogP) is 6.02. The molecule has 29 heavy (non-hydrogen) atoms. The number of nitrogens with zero attached hydrogens (tertiary/aromatic N) is 2. The molecular formula is C26H38N2O. The standard InChI is InChI=1S/C26H38N2O/c1-6-15-28(24-17-20(3)16-21(4)18-24)23-11-13-26(14-12-23,27(5)7-2)22-9-8-10-25(29)19-22/h8-10,16-19,23,29H,6-7,11-15H2,1-5H3. The van der Waals surface area contributed by atoms with E-state index in [9.17, 15) is 5.11 Å². The van der Waals surface area contributed by atoms with Crippen molar-refractivity contribution in [3.8, 4) is 5.75 Å². The molecule has 0 unspecified atom stereocenters. The highest BCUT2D eigenvalue weighted by molar-refractivity contribution is 5.52. The monoisotopic (exact) mass is 394 g/mol. The van der Waals surface area contributed by atoms with E-state index in [4.69, 9.17) is 0 Å². The lowest BCUT2D eigenvalue weighted by Gasteiger charge is -2.49. The summed E-state index contributed by atoms with van der Waals surface area (Å²) in [4.78, 5) is 5.14. The van der Waals surface area contributed by atoms with Gasteiger partial charge in [0, 0.05) is 23.8 Å². The van der Waals surface area contributed by atoms with Gasteiger partial charge in [0.15, 0.2) is 0 Å². The maximum Gasteiger partial charge on any atom is 0.115 e. The summed E-state index contributed by atoms with van der Waals surface area (Å²) in [5.74, 6) is 0.372. The lowest BCUT2D eigenvalue weighted by molar-refractivity contribution is 0.0704. The van der Waals surface area contributed by atoms with Crippen molar-refractivity contribution in [2.24, 2.45) is 0 Å². The molecule has 1 aliphatic carbocycles. The number of anilines is 1. The average Bonchev–Trinajstić information content (AvgIpc) is 2.71. The normalized spacial score (nSPS) is 22.1. The van der Waals surface area contributed by atoms with Gasteiger partial charge >= 0.3 is 0 Å². The Morgan fingerprint density at radius 3 is 2.21 bits per heavy atom. The number of aryl methyl sites for hydroxylation is 2. The third kappa shape index (κ3) is 4.61. The summed E-state index contributed by atoms with van der Waals surface area (Å²) in [5.41, 5.74) is 5.34. The second-order valence-corrected chi connectivity index (χ2v) is 8.87. The summed E-state index contributed by atoms with van der Waals surface area (Å²) >= 11 is 0. The summed E-state index contributed by atoms with van der Waals surface area (Å²) in [6.45, 7) is 11.0. The van der Waals surface area contributed by atoms with Gasteiger partial charge in [-0.05, 0) is 100 Å². The molecule has 3 nitrogen and oxygen atoms in total. The van der Waals surface area contributed by atoms with Gasteiger partial charge in [-0.3, -0.25) is 4.90 Å². The average molecular weight is 395 g/mol. The first-order valence-corrected chi connectivity index (χ1v) is 11.2. The first-order chi connectivity index (χ1) is 13.9. The molecule has 1 saturated carbocycles. The fourth-order valence-electron chi connectivity index (χ4n) is 5.26. The second kappa shape index (κ2) is 9.21. The molecule has 1 aliphatic rings. The van der Waals surface area contributed by atoms with Gasteiger partial charge in [0.25, 0.3) is 0 Å². The molecule has 3 rings (SSSR count). The number of hydrogen-bond acceptors (Lipinski definition) is 3. The van der Waals surface area contributed by atoms with Crippen LogP contribution in [0.4, 0.5) is 5.69 Å². The highest BCUT2D eigenvalue weighted by atomic mass is 16.3. The SMILES string of the molecule is CCCN(c1cc(C)cc(C)c1)C1CCC(c2cccc(O)c2)(N(C)CC)CC1. The third-order valence-corrected chi connectivity index (χ3v) is 6.81. The van der Waals surface area contributed by atoms with Crippen molar-refractivity contribution in [3.05, 3.63) is 59.2 Å². The number of phenolic OH excluding ortho intramolecular Hbond substituents is 1. The van der Waals surface area contributed by atoms with Crippen molar-refractivity contribution in [3.63, 3.8) is 0 Å². The fraction of sp³-hybridized carbons (Fsp3) is 0.538. The van der Waals surface area contributed by atoms with Crippen molar-refractivity contribution >= 4 is 5.69 Å². The van der Waals surface area contributed by atoms with E-state index < -0.39 is 0 Å². The molecule has 158 valence electrons. The number of phenols is 1. The third-order valence-electron chi connectivity index (χ3n) is 6.81. The second-order valence-electron chi connectivity index (χ2n) is 8.87. The predicted molar refractivity (Wildman–Crippen MR) is 124 cm³/mol. The van der Waals surface area contributed by atoms with E-state index in [0.29, 0.717) is 11.8 Å². The first kappa shape index (κ1) is 21.7. The number of aromatic hydroxyl groups is 1. The minimum absolute atomic E-state index is 0.0182. The van der Waals surface area contributed by atoms with Crippen LogP contribution in [0.3, 0.4) is 0 Å². The van der Waals surface area contributed by atoms with E-state index in [-0.39, 0.29) is 5.54 Å². The fourth-order valence-corrected chi connectivity index (χ4v) is 5.26. The summed E-state index contributed by atoms with van der Waals surface area (Å²) in [5, 5.41) is 10.1. The zero-order chi connectivity index (χ0) is 21.0.